The number of hydrogen-bond acceptors (Lipinski definition) is 5. The fourth-order valence-electron chi connectivity index (χ4n) is 1.18. The van der Waals surface area contributed by atoms with Gasteiger partial charge in [-0.3, -0.25) is 0 Å². The van der Waals surface area contributed by atoms with Gasteiger partial charge in [-0.2, -0.15) is 11.8 Å². The highest BCUT2D eigenvalue weighted by Crippen LogP contribution is 2.15. The second kappa shape index (κ2) is 6.15. The fourth-order valence-corrected chi connectivity index (χ4v) is 1.95. The molecule has 1 heterocycles. The molecule has 1 aromatic heterocycles. The van der Waals surface area contributed by atoms with E-state index in [1.54, 1.807) is 24.0 Å². The quantitative estimate of drug-likeness (QED) is 0.775. The zero-order valence-electron chi connectivity index (χ0n) is 8.64. The summed E-state index contributed by atoms with van der Waals surface area (Å²) in [6.45, 7) is 2.13. The van der Waals surface area contributed by atoms with Crippen molar-refractivity contribution in [3.8, 4) is 0 Å². The molecule has 0 aromatic carbocycles. The van der Waals surface area contributed by atoms with Gasteiger partial charge in [0.05, 0.1) is 6.61 Å². The number of aliphatic hydroxyl groups excluding tert-OH is 1. The molecule has 0 fully saturated rings. The predicted octanol–water partition coefficient (Wildman–Crippen LogP) is 1.65. The van der Waals surface area contributed by atoms with Gasteiger partial charge in [0.1, 0.15) is 5.82 Å². The monoisotopic (exact) mass is 247 g/mol. The first-order chi connectivity index (χ1) is 7.17. The highest BCUT2D eigenvalue weighted by Gasteiger charge is 2.15. The second-order valence-electron chi connectivity index (χ2n) is 3.10. The Balaban J connectivity index is 2.61. The first-order valence-corrected chi connectivity index (χ1v) is 6.22. The molecular weight excluding hydrogens is 234 g/mol. The van der Waals surface area contributed by atoms with Crippen LogP contribution in [-0.4, -0.2) is 39.2 Å². The van der Waals surface area contributed by atoms with Crippen LogP contribution in [-0.2, 0) is 0 Å². The molecule has 1 aromatic rings. The van der Waals surface area contributed by atoms with Crippen molar-refractivity contribution >= 4 is 29.2 Å². The molecule has 0 aliphatic rings. The maximum atomic E-state index is 9.11. The molecule has 0 bridgehead atoms. The van der Waals surface area contributed by atoms with Gasteiger partial charge in [-0.05, 0) is 30.8 Å². The van der Waals surface area contributed by atoms with Crippen LogP contribution >= 0.6 is 23.4 Å². The summed E-state index contributed by atoms with van der Waals surface area (Å²) in [5, 5.41) is 12.6. The largest absolute Gasteiger partial charge is 0.395 e. The zero-order valence-corrected chi connectivity index (χ0v) is 10.2. The van der Waals surface area contributed by atoms with E-state index in [-0.39, 0.29) is 23.2 Å². The van der Waals surface area contributed by atoms with Crippen molar-refractivity contribution in [1.82, 2.24) is 9.97 Å². The molecule has 0 saturated carbocycles. The van der Waals surface area contributed by atoms with Gasteiger partial charge in [0.15, 0.2) is 0 Å². The smallest absolute Gasteiger partial charge is 0.224 e. The molecule has 0 amide bonds. The van der Waals surface area contributed by atoms with Gasteiger partial charge in [-0.1, -0.05) is 0 Å². The van der Waals surface area contributed by atoms with Crippen molar-refractivity contribution < 1.29 is 5.11 Å². The van der Waals surface area contributed by atoms with E-state index < -0.39 is 0 Å². The first-order valence-electron chi connectivity index (χ1n) is 4.56. The molecule has 15 heavy (non-hydrogen) atoms. The van der Waals surface area contributed by atoms with Gasteiger partial charge in [-0.25, -0.2) is 9.97 Å². The number of hydrogen-bond donors (Lipinski definition) is 2. The number of halogens is 1. The van der Waals surface area contributed by atoms with E-state index in [0.717, 1.165) is 0 Å². The van der Waals surface area contributed by atoms with E-state index in [4.69, 9.17) is 16.7 Å². The summed E-state index contributed by atoms with van der Waals surface area (Å²) < 4.78 is 0. The lowest BCUT2D eigenvalue weighted by Crippen LogP contribution is -2.31. The summed E-state index contributed by atoms with van der Waals surface area (Å²) in [6, 6.07) is 1.87. The molecule has 0 spiro atoms. The Morgan fingerprint density at radius 3 is 2.93 bits per heavy atom. The topological polar surface area (TPSA) is 58.0 Å². The molecule has 2 atom stereocenters. The normalized spacial score (nSPS) is 14.7. The predicted molar refractivity (Wildman–Crippen MR) is 64.5 cm³/mol. The first kappa shape index (κ1) is 12.5. The summed E-state index contributed by atoms with van der Waals surface area (Å²) in [4.78, 5) is 7.81. The molecule has 6 heteroatoms. The Labute approximate surface area is 98.5 Å². The number of aromatic nitrogens is 2. The van der Waals surface area contributed by atoms with Crippen LogP contribution in [0.25, 0.3) is 0 Å². The third-order valence-electron chi connectivity index (χ3n) is 2.04. The summed E-state index contributed by atoms with van der Waals surface area (Å²) in [7, 11) is 0. The van der Waals surface area contributed by atoms with Gasteiger partial charge >= 0.3 is 0 Å². The number of rotatable bonds is 5. The minimum absolute atomic E-state index is 0.121. The highest BCUT2D eigenvalue weighted by atomic mass is 35.5. The maximum absolute atomic E-state index is 9.11. The van der Waals surface area contributed by atoms with Crippen LogP contribution in [0.3, 0.4) is 0 Å². The number of aliphatic hydroxyl groups is 1. The number of anilines is 1. The van der Waals surface area contributed by atoms with E-state index in [1.807, 2.05) is 13.2 Å². The molecule has 0 aliphatic heterocycles. The highest BCUT2D eigenvalue weighted by molar-refractivity contribution is 7.99. The molecule has 2 N–H and O–H groups in total. The van der Waals surface area contributed by atoms with Gasteiger partial charge in [0, 0.05) is 17.5 Å². The summed E-state index contributed by atoms with van der Waals surface area (Å²) in [6.07, 6.45) is 3.56. The fraction of sp³-hybridized carbons (Fsp3) is 0.556. The lowest BCUT2D eigenvalue weighted by molar-refractivity contribution is 0.288. The number of nitrogens with one attached hydrogen (secondary N) is 1. The molecule has 1 rings (SSSR count). The Kier molecular flexibility index (Phi) is 5.14. The van der Waals surface area contributed by atoms with E-state index in [2.05, 4.69) is 15.3 Å². The van der Waals surface area contributed by atoms with Crippen LogP contribution in [0.4, 0.5) is 5.82 Å². The van der Waals surface area contributed by atoms with E-state index in [1.165, 1.54) is 0 Å². The summed E-state index contributed by atoms with van der Waals surface area (Å²) in [5.41, 5.74) is 0. The summed E-state index contributed by atoms with van der Waals surface area (Å²) in [5.74, 6) is 0.676. The Hall–Kier alpha value is -0.520. The maximum Gasteiger partial charge on any atom is 0.224 e. The van der Waals surface area contributed by atoms with Crippen molar-refractivity contribution in [1.29, 1.82) is 0 Å². The Morgan fingerprint density at radius 1 is 1.67 bits per heavy atom. The number of thioether (sulfide) groups is 1. The zero-order chi connectivity index (χ0) is 11.3. The summed E-state index contributed by atoms with van der Waals surface area (Å²) >= 11 is 7.27. The Bertz CT molecular complexity index is 309. The molecule has 0 aliphatic carbocycles. The molecule has 0 radical (unpaired) electrons. The van der Waals surface area contributed by atoms with Crippen molar-refractivity contribution in [3.05, 3.63) is 17.5 Å². The van der Waals surface area contributed by atoms with Crippen molar-refractivity contribution in [2.24, 2.45) is 0 Å². The standard InChI is InChI=1S/C9H14ClN3OS/c1-6(7(5-14)15-2)12-8-3-4-11-9(10)13-8/h3-4,6-7,14H,5H2,1-2H3,(H,11,12,13). The van der Waals surface area contributed by atoms with Crippen LogP contribution in [0.15, 0.2) is 12.3 Å². The minimum atomic E-state index is 0.121. The average Bonchev–Trinajstić information content (AvgIpc) is 2.19. The molecule has 2 unspecified atom stereocenters. The van der Waals surface area contributed by atoms with Crippen LogP contribution in [0.5, 0.6) is 0 Å². The SMILES string of the molecule is CSC(CO)C(C)Nc1ccnc(Cl)n1. The van der Waals surface area contributed by atoms with Crippen LogP contribution in [0.2, 0.25) is 5.28 Å². The average molecular weight is 248 g/mol. The Morgan fingerprint density at radius 2 is 2.40 bits per heavy atom. The number of nitrogens with zero attached hydrogens (tertiary/aromatic N) is 2. The lowest BCUT2D eigenvalue weighted by atomic mass is 10.2. The van der Waals surface area contributed by atoms with Crippen molar-refractivity contribution in [3.63, 3.8) is 0 Å². The van der Waals surface area contributed by atoms with E-state index >= 15 is 0 Å². The van der Waals surface area contributed by atoms with Crippen LogP contribution < -0.4 is 5.32 Å². The van der Waals surface area contributed by atoms with Crippen LogP contribution in [0, 0.1) is 0 Å². The van der Waals surface area contributed by atoms with Gasteiger partial charge in [0.25, 0.3) is 0 Å². The third-order valence-corrected chi connectivity index (χ3v) is 3.39. The van der Waals surface area contributed by atoms with E-state index in [0.29, 0.717) is 5.82 Å². The molecule has 84 valence electrons. The van der Waals surface area contributed by atoms with Crippen molar-refractivity contribution in [2.75, 3.05) is 18.2 Å². The molecule has 4 nitrogen and oxygen atoms in total. The second-order valence-corrected chi connectivity index (χ2v) is 4.52. The molecular formula is C9H14ClN3OS. The molecule has 0 saturated heterocycles. The van der Waals surface area contributed by atoms with Gasteiger partial charge in [-0.15, -0.1) is 0 Å². The van der Waals surface area contributed by atoms with Crippen molar-refractivity contribution in [2.45, 2.75) is 18.2 Å². The lowest BCUT2D eigenvalue weighted by Gasteiger charge is -2.21. The van der Waals surface area contributed by atoms with Gasteiger partial charge < -0.3 is 10.4 Å². The third kappa shape index (κ3) is 3.85. The van der Waals surface area contributed by atoms with Crippen LogP contribution in [0.1, 0.15) is 6.92 Å². The van der Waals surface area contributed by atoms with E-state index in [9.17, 15) is 0 Å². The van der Waals surface area contributed by atoms with Gasteiger partial charge in [0.2, 0.25) is 5.28 Å². The minimum Gasteiger partial charge on any atom is -0.395 e.